The molecule has 3 nitrogen and oxygen atoms in total. The molecule has 0 aromatic heterocycles. The van der Waals surface area contributed by atoms with Crippen LogP contribution in [0.15, 0.2) is 72.8 Å². The molecule has 0 aliphatic carbocycles. The largest absolute Gasteiger partial charge is 0.480 e. The summed E-state index contributed by atoms with van der Waals surface area (Å²) in [6.45, 7) is 0.699. The summed E-state index contributed by atoms with van der Waals surface area (Å²) in [4.78, 5) is 14.1. The second-order valence-corrected chi connectivity index (χ2v) is 8.41. The summed E-state index contributed by atoms with van der Waals surface area (Å²) in [7, 11) is 0. The topological polar surface area (TPSA) is 40.5 Å². The molecule has 0 saturated carbocycles. The highest BCUT2D eigenvalue weighted by Gasteiger charge is 2.36. The maximum atomic E-state index is 12.0. The third-order valence-electron chi connectivity index (χ3n) is 5.77. The molecular weight excluding hydrogens is 417 g/mol. The molecule has 30 heavy (non-hydrogen) atoms. The van der Waals surface area contributed by atoms with Crippen molar-refractivity contribution in [3.63, 3.8) is 0 Å². The van der Waals surface area contributed by atoms with Gasteiger partial charge in [-0.25, -0.2) is 0 Å². The lowest BCUT2D eigenvalue weighted by Crippen LogP contribution is -2.46. The van der Waals surface area contributed by atoms with Gasteiger partial charge in [-0.3, -0.25) is 9.69 Å². The minimum atomic E-state index is -0.793. The van der Waals surface area contributed by atoms with Gasteiger partial charge in [-0.05, 0) is 47.7 Å². The zero-order chi connectivity index (χ0) is 21.1. The van der Waals surface area contributed by atoms with Crippen molar-refractivity contribution in [1.82, 2.24) is 4.90 Å². The number of hydrogen-bond acceptors (Lipinski definition) is 2. The van der Waals surface area contributed by atoms with Gasteiger partial charge >= 0.3 is 5.97 Å². The van der Waals surface area contributed by atoms with E-state index in [2.05, 4.69) is 41.3 Å². The van der Waals surface area contributed by atoms with Crippen molar-refractivity contribution < 1.29 is 9.90 Å². The zero-order valence-electron chi connectivity index (χ0n) is 16.5. The number of aliphatic carboxylic acids is 1. The Morgan fingerprint density at radius 3 is 2.30 bits per heavy atom. The molecule has 154 valence electrons. The van der Waals surface area contributed by atoms with E-state index >= 15 is 0 Å². The Labute approximate surface area is 186 Å². The van der Waals surface area contributed by atoms with Gasteiger partial charge in [0.2, 0.25) is 0 Å². The molecular formula is C25H23Cl2NO2. The summed E-state index contributed by atoms with van der Waals surface area (Å²) < 4.78 is 0. The van der Waals surface area contributed by atoms with E-state index in [1.165, 1.54) is 0 Å². The number of carbonyl (C=O) groups is 1. The summed E-state index contributed by atoms with van der Waals surface area (Å²) in [5.74, 6) is -0.793. The molecule has 4 rings (SSSR count). The number of rotatable bonds is 5. The maximum Gasteiger partial charge on any atom is 0.320 e. The third kappa shape index (κ3) is 4.24. The summed E-state index contributed by atoms with van der Waals surface area (Å²) in [5, 5.41) is 10.8. The lowest BCUT2D eigenvalue weighted by atomic mass is 9.90. The first-order valence-electron chi connectivity index (χ1n) is 10.1. The van der Waals surface area contributed by atoms with E-state index in [4.69, 9.17) is 23.2 Å². The number of piperidine rings is 1. The van der Waals surface area contributed by atoms with Crippen molar-refractivity contribution in [1.29, 1.82) is 0 Å². The van der Waals surface area contributed by atoms with Crippen LogP contribution in [0.3, 0.4) is 0 Å². The van der Waals surface area contributed by atoms with Gasteiger partial charge in [0.05, 0.1) is 16.1 Å². The fourth-order valence-electron chi connectivity index (χ4n) is 4.30. The van der Waals surface area contributed by atoms with E-state index in [-0.39, 0.29) is 6.04 Å². The van der Waals surface area contributed by atoms with Crippen LogP contribution in [0, 0.1) is 0 Å². The molecule has 1 N–H and O–H groups in total. The van der Waals surface area contributed by atoms with E-state index in [0.29, 0.717) is 23.0 Å². The van der Waals surface area contributed by atoms with Crippen LogP contribution in [-0.2, 0) is 4.79 Å². The van der Waals surface area contributed by atoms with Crippen molar-refractivity contribution in [3.8, 4) is 11.1 Å². The number of carboxylic acids is 1. The van der Waals surface area contributed by atoms with Crippen LogP contribution in [0.1, 0.15) is 36.4 Å². The van der Waals surface area contributed by atoms with Crippen molar-refractivity contribution in [2.75, 3.05) is 6.54 Å². The molecule has 1 aliphatic heterocycles. The minimum absolute atomic E-state index is 0.276. The van der Waals surface area contributed by atoms with Gasteiger partial charge in [-0.15, -0.1) is 0 Å². The lowest BCUT2D eigenvalue weighted by Gasteiger charge is -2.40. The van der Waals surface area contributed by atoms with Crippen LogP contribution in [0.4, 0.5) is 0 Å². The van der Waals surface area contributed by atoms with E-state index < -0.39 is 12.0 Å². The number of hydrogen-bond donors (Lipinski definition) is 1. The lowest BCUT2D eigenvalue weighted by molar-refractivity contribution is -0.145. The zero-order valence-corrected chi connectivity index (χ0v) is 18.0. The van der Waals surface area contributed by atoms with E-state index in [0.717, 1.165) is 35.1 Å². The molecule has 1 aliphatic rings. The smallest absolute Gasteiger partial charge is 0.320 e. The molecule has 1 fully saturated rings. The summed E-state index contributed by atoms with van der Waals surface area (Å²) in [5.41, 5.74) is 4.10. The summed E-state index contributed by atoms with van der Waals surface area (Å²) in [6, 6.07) is 23.2. The SMILES string of the molecule is O=C(O)C1CCCCN1C(c1ccc(-c2ccccc2)cc1)c1cccc(Cl)c1Cl. The quantitative estimate of drug-likeness (QED) is 0.481. The normalized spacial score (nSPS) is 18.1. The molecule has 3 aromatic rings. The average Bonchev–Trinajstić information content (AvgIpc) is 2.78. The Morgan fingerprint density at radius 1 is 0.900 bits per heavy atom. The highest BCUT2D eigenvalue weighted by Crippen LogP contribution is 2.40. The van der Waals surface area contributed by atoms with Crippen LogP contribution in [0.5, 0.6) is 0 Å². The van der Waals surface area contributed by atoms with E-state index in [1.54, 1.807) is 6.07 Å². The van der Waals surface area contributed by atoms with Crippen LogP contribution in [0.2, 0.25) is 10.0 Å². The first-order valence-corrected chi connectivity index (χ1v) is 10.9. The highest BCUT2D eigenvalue weighted by atomic mass is 35.5. The summed E-state index contributed by atoms with van der Waals surface area (Å²) in [6.07, 6.45) is 2.50. The number of carboxylic acid groups (broad SMARTS) is 1. The standard InChI is InChI=1S/C25H23Cl2NO2/c26-21-10-6-9-20(23(21)27)24(28-16-5-4-11-22(28)25(29)30)19-14-12-18(13-15-19)17-7-2-1-3-8-17/h1-3,6-10,12-15,22,24H,4-5,11,16H2,(H,29,30). The Hall–Kier alpha value is -2.33. The van der Waals surface area contributed by atoms with E-state index in [1.807, 2.05) is 30.3 Å². The van der Waals surface area contributed by atoms with Crippen LogP contribution in [-0.4, -0.2) is 28.6 Å². The van der Waals surface area contributed by atoms with Gasteiger partial charge in [-0.2, -0.15) is 0 Å². The number of halogens is 2. The second kappa shape index (κ2) is 9.22. The van der Waals surface area contributed by atoms with Crippen molar-refractivity contribution in [2.45, 2.75) is 31.3 Å². The van der Waals surface area contributed by atoms with Crippen LogP contribution in [0.25, 0.3) is 11.1 Å². The van der Waals surface area contributed by atoms with Crippen molar-refractivity contribution in [3.05, 3.63) is 94.0 Å². The second-order valence-electron chi connectivity index (χ2n) is 7.62. The first kappa shape index (κ1) is 20.9. The monoisotopic (exact) mass is 439 g/mol. The number of likely N-dealkylation sites (tertiary alicyclic amines) is 1. The average molecular weight is 440 g/mol. The maximum absolute atomic E-state index is 12.0. The van der Waals surface area contributed by atoms with Gasteiger partial charge in [-0.1, -0.05) is 96.4 Å². The third-order valence-corrected chi connectivity index (χ3v) is 6.60. The molecule has 0 amide bonds. The Morgan fingerprint density at radius 2 is 1.60 bits per heavy atom. The Kier molecular flexibility index (Phi) is 6.43. The molecule has 0 radical (unpaired) electrons. The van der Waals surface area contributed by atoms with Gasteiger partial charge in [0.15, 0.2) is 0 Å². The first-order chi connectivity index (χ1) is 14.6. The summed E-state index contributed by atoms with van der Waals surface area (Å²) >= 11 is 12.9. The van der Waals surface area contributed by atoms with Gasteiger partial charge in [0, 0.05) is 0 Å². The molecule has 2 unspecified atom stereocenters. The predicted octanol–water partition coefficient (Wildman–Crippen LogP) is 6.69. The van der Waals surface area contributed by atoms with Crippen molar-refractivity contribution in [2.24, 2.45) is 0 Å². The molecule has 0 spiro atoms. The van der Waals surface area contributed by atoms with Crippen LogP contribution >= 0.6 is 23.2 Å². The minimum Gasteiger partial charge on any atom is -0.480 e. The molecule has 0 bridgehead atoms. The van der Waals surface area contributed by atoms with Crippen LogP contribution < -0.4 is 0 Å². The fourth-order valence-corrected chi connectivity index (χ4v) is 4.71. The number of benzene rings is 3. The Bertz CT molecular complexity index is 1020. The highest BCUT2D eigenvalue weighted by molar-refractivity contribution is 6.42. The molecule has 2 atom stereocenters. The Balaban J connectivity index is 1.79. The molecule has 1 heterocycles. The molecule has 3 aromatic carbocycles. The molecule has 1 saturated heterocycles. The van der Waals surface area contributed by atoms with Gasteiger partial charge < -0.3 is 5.11 Å². The van der Waals surface area contributed by atoms with Gasteiger partial charge in [0.25, 0.3) is 0 Å². The van der Waals surface area contributed by atoms with Crippen molar-refractivity contribution >= 4 is 29.2 Å². The predicted molar refractivity (Wildman–Crippen MR) is 122 cm³/mol. The van der Waals surface area contributed by atoms with Gasteiger partial charge in [0.1, 0.15) is 6.04 Å². The molecule has 5 heteroatoms. The number of nitrogens with zero attached hydrogens (tertiary/aromatic N) is 1. The fraction of sp³-hybridized carbons (Fsp3) is 0.240. The van der Waals surface area contributed by atoms with E-state index in [9.17, 15) is 9.90 Å².